The smallest absolute Gasteiger partial charge is 0.186 e. The second kappa shape index (κ2) is 6.57. The summed E-state index contributed by atoms with van der Waals surface area (Å²) in [6.07, 6.45) is 2.42. The van der Waals surface area contributed by atoms with Gasteiger partial charge in [-0.05, 0) is 52.6 Å². The lowest BCUT2D eigenvalue weighted by Crippen LogP contribution is -2.31. The minimum absolute atomic E-state index is 0.946. The molecular formula is C10H25NOSi. The Kier molecular flexibility index (Phi) is 6.64. The highest BCUT2D eigenvalue weighted by Crippen LogP contribution is 2.13. The van der Waals surface area contributed by atoms with E-state index in [9.17, 15) is 0 Å². The molecule has 0 N–H and O–H groups in total. The summed E-state index contributed by atoms with van der Waals surface area (Å²) in [5.41, 5.74) is 0. The van der Waals surface area contributed by atoms with Gasteiger partial charge in [0, 0.05) is 6.61 Å². The van der Waals surface area contributed by atoms with Gasteiger partial charge in [-0.1, -0.05) is 6.92 Å². The van der Waals surface area contributed by atoms with Crippen molar-refractivity contribution < 1.29 is 4.43 Å². The number of nitrogens with zero attached hydrogens (tertiary/aromatic N) is 1. The van der Waals surface area contributed by atoms with Gasteiger partial charge in [-0.2, -0.15) is 0 Å². The van der Waals surface area contributed by atoms with Crippen LogP contribution in [0.1, 0.15) is 19.8 Å². The zero-order chi connectivity index (χ0) is 10.3. The van der Waals surface area contributed by atoms with Gasteiger partial charge in [0.1, 0.15) is 0 Å². The van der Waals surface area contributed by atoms with E-state index < -0.39 is 8.32 Å². The second-order valence-corrected chi connectivity index (χ2v) is 8.82. The molecule has 0 aliphatic carbocycles. The molecule has 0 heterocycles. The molecule has 0 aliphatic rings. The molecule has 2 nitrogen and oxygen atoms in total. The maximum Gasteiger partial charge on any atom is 0.186 e. The topological polar surface area (TPSA) is 12.5 Å². The Hall–Kier alpha value is 0.137. The van der Waals surface area contributed by atoms with Crippen LogP contribution in [0.5, 0.6) is 0 Å². The van der Waals surface area contributed by atoms with Gasteiger partial charge in [-0.3, -0.25) is 0 Å². The highest BCUT2D eigenvalue weighted by Gasteiger charge is 2.20. The molecule has 0 unspecified atom stereocenters. The van der Waals surface area contributed by atoms with E-state index in [1.807, 2.05) is 0 Å². The molecule has 0 aromatic rings. The van der Waals surface area contributed by atoms with Gasteiger partial charge in [-0.25, -0.2) is 0 Å². The van der Waals surface area contributed by atoms with Crippen molar-refractivity contribution in [3.8, 4) is 0 Å². The predicted molar refractivity (Wildman–Crippen MR) is 61.7 cm³/mol. The fourth-order valence-electron chi connectivity index (χ4n) is 1.27. The van der Waals surface area contributed by atoms with Crippen LogP contribution in [0.25, 0.3) is 0 Å². The second-order valence-electron chi connectivity index (χ2n) is 4.51. The molecule has 0 aromatic heterocycles. The number of hydrogen-bond acceptors (Lipinski definition) is 2. The molecule has 13 heavy (non-hydrogen) atoms. The fraction of sp³-hybridized carbons (Fsp3) is 1.00. The van der Waals surface area contributed by atoms with E-state index in [1.165, 1.54) is 19.0 Å². The van der Waals surface area contributed by atoms with Crippen LogP contribution in [0.2, 0.25) is 19.1 Å². The van der Waals surface area contributed by atoms with Gasteiger partial charge in [0.05, 0.1) is 0 Å². The van der Waals surface area contributed by atoms with Crippen molar-refractivity contribution in [2.75, 3.05) is 27.2 Å². The summed E-state index contributed by atoms with van der Waals surface area (Å²) in [4.78, 5) is 2.24. The standard InChI is InChI=1S/C10H25NOSi/c1-6-9-12-13(4,5)10-7-8-11(2)3/h6-10H2,1-5H3. The zero-order valence-corrected chi connectivity index (χ0v) is 10.9. The molecule has 0 bridgehead atoms. The van der Waals surface area contributed by atoms with Gasteiger partial charge in [0.25, 0.3) is 0 Å². The van der Waals surface area contributed by atoms with Crippen molar-refractivity contribution in [2.24, 2.45) is 0 Å². The van der Waals surface area contributed by atoms with E-state index in [1.54, 1.807) is 0 Å². The predicted octanol–water partition coefficient (Wildman–Crippen LogP) is 2.57. The van der Waals surface area contributed by atoms with Crippen molar-refractivity contribution >= 4 is 8.32 Å². The van der Waals surface area contributed by atoms with Crippen molar-refractivity contribution in [1.29, 1.82) is 0 Å². The molecule has 80 valence electrons. The van der Waals surface area contributed by atoms with E-state index in [-0.39, 0.29) is 0 Å². The van der Waals surface area contributed by atoms with E-state index in [2.05, 4.69) is 39.0 Å². The maximum atomic E-state index is 5.88. The third-order valence-corrected chi connectivity index (χ3v) is 4.62. The van der Waals surface area contributed by atoms with E-state index in [0.717, 1.165) is 13.0 Å². The van der Waals surface area contributed by atoms with Crippen LogP contribution >= 0.6 is 0 Å². The summed E-state index contributed by atoms with van der Waals surface area (Å²) in [7, 11) is 2.94. The Morgan fingerprint density at radius 3 is 2.31 bits per heavy atom. The zero-order valence-electron chi connectivity index (χ0n) is 9.89. The largest absolute Gasteiger partial charge is 0.417 e. The lowest BCUT2D eigenvalue weighted by molar-refractivity contribution is 0.303. The van der Waals surface area contributed by atoms with Gasteiger partial charge in [-0.15, -0.1) is 0 Å². The molecule has 0 rings (SSSR count). The third-order valence-electron chi connectivity index (χ3n) is 2.08. The van der Waals surface area contributed by atoms with Gasteiger partial charge in [0.2, 0.25) is 0 Å². The summed E-state index contributed by atoms with van der Waals surface area (Å²) in [6, 6.07) is 1.28. The Morgan fingerprint density at radius 2 is 1.85 bits per heavy atom. The summed E-state index contributed by atoms with van der Waals surface area (Å²) in [5, 5.41) is 0. The first kappa shape index (κ1) is 13.1. The Morgan fingerprint density at radius 1 is 1.23 bits per heavy atom. The van der Waals surface area contributed by atoms with Crippen LogP contribution in [0.3, 0.4) is 0 Å². The molecule has 0 fully saturated rings. The summed E-state index contributed by atoms with van der Waals surface area (Å²) in [5.74, 6) is 0. The Bertz CT molecular complexity index is 126. The normalized spacial score (nSPS) is 12.5. The molecule has 3 heteroatoms. The Balaban J connectivity index is 3.50. The van der Waals surface area contributed by atoms with Gasteiger partial charge >= 0.3 is 0 Å². The summed E-state index contributed by atoms with van der Waals surface area (Å²) >= 11 is 0. The fourth-order valence-corrected chi connectivity index (χ4v) is 3.18. The van der Waals surface area contributed by atoms with E-state index in [0.29, 0.717) is 0 Å². The monoisotopic (exact) mass is 203 g/mol. The first-order chi connectivity index (χ1) is 5.98. The van der Waals surface area contributed by atoms with Crippen LogP contribution in [0.4, 0.5) is 0 Å². The van der Waals surface area contributed by atoms with Crippen LogP contribution in [0, 0.1) is 0 Å². The number of rotatable bonds is 7. The first-order valence-corrected chi connectivity index (χ1v) is 8.38. The van der Waals surface area contributed by atoms with Crippen LogP contribution in [0.15, 0.2) is 0 Å². The number of hydrogen-bond donors (Lipinski definition) is 0. The van der Waals surface area contributed by atoms with Crippen LogP contribution in [-0.4, -0.2) is 40.5 Å². The van der Waals surface area contributed by atoms with Crippen molar-refractivity contribution in [1.82, 2.24) is 4.90 Å². The quantitative estimate of drug-likeness (QED) is 0.590. The van der Waals surface area contributed by atoms with Gasteiger partial charge < -0.3 is 9.33 Å². The molecule has 0 atom stereocenters. The lowest BCUT2D eigenvalue weighted by Gasteiger charge is -2.23. The average molecular weight is 203 g/mol. The molecule has 0 saturated carbocycles. The molecule has 0 spiro atoms. The van der Waals surface area contributed by atoms with Crippen LogP contribution < -0.4 is 0 Å². The summed E-state index contributed by atoms with van der Waals surface area (Å²) in [6.45, 7) is 8.94. The first-order valence-electron chi connectivity index (χ1n) is 5.26. The van der Waals surface area contributed by atoms with Crippen molar-refractivity contribution in [2.45, 2.75) is 38.9 Å². The third kappa shape index (κ3) is 8.47. The molecule has 0 amide bonds. The van der Waals surface area contributed by atoms with Crippen LogP contribution in [-0.2, 0) is 4.43 Å². The Labute approximate surface area is 84.4 Å². The molecule has 0 aromatic carbocycles. The molecule has 0 saturated heterocycles. The maximum absolute atomic E-state index is 5.88. The van der Waals surface area contributed by atoms with Crippen molar-refractivity contribution in [3.63, 3.8) is 0 Å². The molecule has 0 radical (unpaired) electrons. The van der Waals surface area contributed by atoms with E-state index in [4.69, 9.17) is 4.43 Å². The van der Waals surface area contributed by atoms with Gasteiger partial charge in [0.15, 0.2) is 8.32 Å². The highest BCUT2D eigenvalue weighted by atomic mass is 28.4. The van der Waals surface area contributed by atoms with Crippen molar-refractivity contribution in [3.05, 3.63) is 0 Å². The van der Waals surface area contributed by atoms with E-state index >= 15 is 0 Å². The average Bonchev–Trinajstić information content (AvgIpc) is 2.00. The minimum atomic E-state index is -1.32. The molecule has 0 aliphatic heterocycles. The molecular weight excluding hydrogens is 178 g/mol. The highest BCUT2D eigenvalue weighted by molar-refractivity contribution is 6.71. The SMILES string of the molecule is CCCO[Si](C)(C)CCCN(C)C. The lowest BCUT2D eigenvalue weighted by atomic mass is 10.5. The summed E-state index contributed by atoms with van der Waals surface area (Å²) < 4.78 is 5.88. The minimum Gasteiger partial charge on any atom is -0.417 e.